The van der Waals surface area contributed by atoms with Crippen molar-refractivity contribution in [3.8, 4) is 0 Å². The molecule has 104 valence electrons. The summed E-state index contributed by atoms with van der Waals surface area (Å²) in [5, 5.41) is 0. The van der Waals surface area contributed by atoms with Crippen molar-refractivity contribution in [2.75, 3.05) is 33.7 Å². The molecule has 1 atom stereocenters. The number of rotatable bonds is 4. The monoisotopic (exact) mass is 328 g/mol. The van der Waals surface area contributed by atoms with E-state index in [9.17, 15) is 4.39 Å². The fourth-order valence-electron chi connectivity index (χ4n) is 2.14. The van der Waals surface area contributed by atoms with Crippen LogP contribution in [0, 0.1) is 5.82 Å². The van der Waals surface area contributed by atoms with Crippen LogP contribution in [0.3, 0.4) is 0 Å². The Bertz CT molecular complexity index is 490. The molecule has 1 unspecified atom stereocenters. The molecule has 1 heterocycles. The number of hydrogen-bond donors (Lipinski definition) is 1. The first-order chi connectivity index (χ1) is 8.99. The van der Waals surface area contributed by atoms with Crippen molar-refractivity contribution in [2.24, 2.45) is 10.7 Å². The summed E-state index contributed by atoms with van der Waals surface area (Å²) in [6.45, 7) is 2.22. The lowest BCUT2D eigenvalue weighted by atomic mass is 10.1. The van der Waals surface area contributed by atoms with E-state index < -0.39 is 0 Å². The fourth-order valence-corrected chi connectivity index (χ4v) is 2.65. The minimum atomic E-state index is -0.240. The molecule has 0 saturated heterocycles. The van der Waals surface area contributed by atoms with Crippen molar-refractivity contribution >= 4 is 21.9 Å². The van der Waals surface area contributed by atoms with Crippen molar-refractivity contribution in [3.63, 3.8) is 0 Å². The molecule has 2 N–H and O–H groups in total. The van der Waals surface area contributed by atoms with E-state index in [4.69, 9.17) is 5.73 Å². The van der Waals surface area contributed by atoms with Crippen LogP contribution in [-0.4, -0.2) is 49.5 Å². The standard InChI is InChI=1S/C13H18BrFN4/c1-18(2)5-6-19-12(8-17-13(19)16)10-7-9(15)3-4-11(10)14/h3-4,7,12H,5-6,8H2,1-2H3,(H2,16,17). The Labute approximate surface area is 121 Å². The second-order valence-corrected chi connectivity index (χ2v) is 5.73. The number of guanidine groups is 1. The molecule has 1 aromatic rings. The molecular formula is C13H18BrFN4. The van der Waals surface area contributed by atoms with Gasteiger partial charge in [0.05, 0.1) is 12.6 Å². The van der Waals surface area contributed by atoms with Gasteiger partial charge in [-0.3, -0.25) is 4.99 Å². The quantitative estimate of drug-likeness (QED) is 0.917. The van der Waals surface area contributed by atoms with Crippen LogP contribution in [0.5, 0.6) is 0 Å². The van der Waals surface area contributed by atoms with Gasteiger partial charge in [-0.05, 0) is 37.9 Å². The van der Waals surface area contributed by atoms with E-state index in [0.717, 1.165) is 23.1 Å². The van der Waals surface area contributed by atoms with Crippen LogP contribution >= 0.6 is 15.9 Å². The number of benzene rings is 1. The molecule has 6 heteroatoms. The average Bonchev–Trinajstić information content (AvgIpc) is 2.71. The topological polar surface area (TPSA) is 44.9 Å². The summed E-state index contributed by atoms with van der Waals surface area (Å²) in [4.78, 5) is 8.40. The lowest BCUT2D eigenvalue weighted by Gasteiger charge is -2.28. The Morgan fingerprint density at radius 3 is 2.95 bits per heavy atom. The highest BCUT2D eigenvalue weighted by Gasteiger charge is 2.28. The third kappa shape index (κ3) is 3.25. The summed E-state index contributed by atoms with van der Waals surface area (Å²) in [5.41, 5.74) is 6.82. The van der Waals surface area contributed by atoms with E-state index in [0.29, 0.717) is 12.5 Å². The van der Waals surface area contributed by atoms with Crippen molar-refractivity contribution in [1.29, 1.82) is 0 Å². The zero-order valence-electron chi connectivity index (χ0n) is 11.1. The molecule has 1 aliphatic rings. The van der Waals surface area contributed by atoms with Crippen molar-refractivity contribution < 1.29 is 4.39 Å². The maximum atomic E-state index is 13.4. The molecule has 0 amide bonds. The Morgan fingerprint density at radius 2 is 2.26 bits per heavy atom. The van der Waals surface area contributed by atoms with Crippen LogP contribution < -0.4 is 5.73 Å². The molecule has 4 nitrogen and oxygen atoms in total. The van der Waals surface area contributed by atoms with Gasteiger partial charge in [0.2, 0.25) is 0 Å². The maximum Gasteiger partial charge on any atom is 0.191 e. The maximum absolute atomic E-state index is 13.4. The molecule has 2 rings (SSSR count). The lowest BCUT2D eigenvalue weighted by molar-refractivity contribution is 0.292. The Kier molecular flexibility index (Phi) is 4.42. The largest absolute Gasteiger partial charge is 0.370 e. The minimum Gasteiger partial charge on any atom is -0.370 e. The van der Waals surface area contributed by atoms with Crippen LogP contribution in [0.2, 0.25) is 0 Å². The summed E-state index contributed by atoms with van der Waals surface area (Å²) in [6.07, 6.45) is 0. The van der Waals surface area contributed by atoms with Crippen molar-refractivity contribution in [3.05, 3.63) is 34.1 Å². The number of halogens is 2. The molecule has 0 saturated carbocycles. The number of hydrogen-bond acceptors (Lipinski definition) is 4. The highest BCUT2D eigenvalue weighted by molar-refractivity contribution is 9.10. The highest BCUT2D eigenvalue weighted by Crippen LogP contribution is 2.31. The van der Waals surface area contributed by atoms with Crippen LogP contribution in [0.4, 0.5) is 4.39 Å². The van der Waals surface area contributed by atoms with E-state index in [1.54, 1.807) is 12.1 Å². The molecule has 0 aromatic heterocycles. The third-order valence-corrected chi connectivity index (χ3v) is 3.92. The van der Waals surface area contributed by atoms with Gasteiger partial charge in [0, 0.05) is 17.6 Å². The zero-order chi connectivity index (χ0) is 14.0. The molecule has 0 fully saturated rings. The summed E-state index contributed by atoms with van der Waals surface area (Å²) < 4.78 is 14.3. The number of nitrogens with zero attached hydrogens (tertiary/aromatic N) is 3. The van der Waals surface area contributed by atoms with E-state index in [2.05, 4.69) is 25.8 Å². The first-order valence-electron chi connectivity index (χ1n) is 6.15. The number of likely N-dealkylation sites (N-methyl/N-ethyl adjacent to an activating group) is 1. The van der Waals surface area contributed by atoms with Crippen molar-refractivity contribution in [1.82, 2.24) is 9.80 Å². The molecule has 0 spiro atoms. The van der Waals surface area contributed by atoms with Gasteiger partial charge in [-0.25, -0.2) is 4.39 Å². The van der Waals surface area contributed by atoms with Crippen LogP contribution in [-0.2, 0) is 0 Å². The van der Waals surface area contributed by atoms with Gasteiger partial charge in [-0.1, -0.05) is 15.9 Å². The van der Waals surface area contributed by atoms with E-state index in [1.165, 1.54) is 6.07 Å². The van der Waals surface area contributed by atoms with E-state index >= 15 is 0 Å². The Morgan fingerprint density at radius 1 is 1.53 bits per heavy atom. The summed E-state index contributed by atoms with van der Waals surface area (Å²) >= 11 is 3.47. The first-order valence-corrected chi connectivity index (χ1v) is 6.94. The van der Waals surface area contributed by atoms with Gasteiger partial charge >= 0.3 is 0 Å². The smallest absolute Gasteiger partial charge is 0.191 e. The fraction of sp³-hybridized carbons (Fsp3) is 0.462. The number of nitrogens with two attached hydrogens (primary N) is 1. The molecular weight excluding hydrogens is 311 g/mol. The van der Waals surface area contributed by atoms with Gasteiger partial charge in [0.15, 0.2) is 5.96 Å². The van der Waals surface area contributed by atoms with Crippen LogP contribution in [0.1, 0.15) is 11.6 Å². The van der Waals surface area contributed by atoms with Crippen molar-refractivity contribution in [2.45, 2.75) is 6.04 Å². The predicted octanol–water partition coefficient (Wildman–Crippen LogP) is 1.82. The summed E-state index contributed by atoms with van der Waals surface area (Å²) in [7, 11) is 4.02. The molecule has 0 aliphatic carbocycles. The van der Waals surface area contributed by atoms with Gasteiger partial charge in [-0.2, -0.15) is 0 Å². The van der Waals surface area contributed by atoms with Crippen LogP contribution in [0.25, 0.3) is 0 Å². The van der Waals surface area contributed by atoms with E-state index in [1.807, 2.05) is 19.0 Å². The number of aliphatic imine (C=N–C) groups is 1. The predicted molar refractivity (Wildman–Crippen MR) is 78.6 cm³/mol. The normalized spacial score (nSPS) is 19.1. The summed E-state index contributed by atoms with van der Waals surface area (Å²) in [6, 6.07) is 4.72. The van der Waals surface area contributed by atoms with Gasteiger partial charge < -0.3 is 15.5 Å². The zero-order valence-corrected chi connectivity index (χ0v) is 12.7. The average molecular weight is 329 g/mol. The van der Waals surface area contributed by atoms with E-state index in [-0.39, 0.29) is 11.9 Å². The molecule has 1 aromatic carbocycles. The summed E-state index contributed by atoms with van der Waals surface area (Å²) in [5.74, 6) is 0.291. The molecule has 1 aliphatic heterocycles. The van der Waals surface area contributed by atoms with Gasteiger partial charge in [0.1, 0.15) is 5.82 Å². The lowest BCUT2D eigenvalue weighted by Crippen LogP contribution is -2.40. The van der Waals surface area contributed by atoms with Crippen LogP contribution in [0.15, 0.2) is 27.7 Å². The second-order valence-electron chi connectivity index (χ2n) is 4.88. The first kappa shape index (κ1) is 14.3. The highest BCUT2D eigenvalue weighted by atomic mass is 79.9. The molecule has 0 radical (unpaired) electrons. The Hall–Kier alpha value is -1.14. The minimum absolute atomic E-state index is 0.00465. The SMILES string of the molecule is CN(C)CCN1C(N)=NCC1c1cc(F)ccc1Br. The van der Waals surface area contributed by atoms with Gasteiger partial charge in [0.25, 0.3) is 0 Å². The molecule has 0 bridgehead atoms. The molecule has 19 heavy (non-hydrogen) atoms. The third-order valence-electron chi connectivity index (χ3n) is 3.20. The van der Waals surface area contributed by atoms with Gasteiger partial charge in [-0.15, -0.1) is 0 Å². The second kappa shape index (κ2) is 5.88. The Balaban J connectivity index is 2.21.